The van der Waals surface area contributed by atoms with Gasteiger partial charge in [0.2, 0.25) is 10.0 Å². The Balaban J connectivity index is 1.99. The third-order valence-corrected chi connectivity index (χ3v) is 6.89. The smallest absolute Gasteiger partial charge is 0.306 e. The van der Waals surface area contributed by atoms with Gasteiger partial charge in [-0.1, -0.05) is 32.1 Å². The number of amides is 1. The standard InChI is InChI=1S/C20H28N2O5S/c1-4-22(5-2)28(25,26)18-13-17(11-10-15(18)3)21-19(23)14-27-20(24)12-16-8-6-7-9-16/h6,8,10-11,13,16H,4-5,7,9,12,14H2,1-3H3,(H,21,23)/t16-/m1/s1. The number of nitrogens with one attached hydrogen (secondary N) is 1. The van der Waals surface area contributed by atoms with Gasteiger partial charge >= 0.3 is 5.97 Å². The summed E-state index contributed by atoms with van der Waals surface area (Å²) in [6.45, 7) is 5.58. The molecule has 28 heavy (non-hydrogen) atoms. The Hall–Kier alpha value is -2.19. The molecule has 2 rings (SSSR count). The first-order valence-corrected chi connectivity index (χ1v) is 10.9. The van der Waals surface area contributed by atoms with E-state index < -0.39 is 28.5 Å². The maximum absolute atomic E-state index is 12.8. The van der Waals surface area contributed by atoms with Gasteiger partial charge in [-0.15, -0.1) is 0 Å². The molecule has 0 unspecified atom stereocenters. The summed E-state index contributed by atoms with van der Waals surface area (Å²) in [7, 11) is -3.64. The number of ether oxygens (including phenoxy) is 1. The Morgan fingerprint density at radius 1 is 1.25 bits per heavy atom. The molecule has 1 aromatic carbocycles. The summed E-state index contributed by atoms with van der Waals surface area (Å²) >= 11 is 0. The highest BCUT2D eigenvalue weighted by atomic mass is 32.2. The monoisotopic (exact) mass is 408 g/mol. The van der Waals surface area contributed by atoms with Gasteiger partial charge in [-0.25, -0.2) is 8.42 Å². The Kier molecular flexibility index (Phi) is 7.77. The van der Waals surface area contributed by atoms with Crippen molar-refractivity contribution >= 4 is 27.6 Å². The predicted octanol–water partition coefficient (Wildman–Crippen LogP) is 2.86. The molecule has 0 aliphatic heterocycles. The minimum absolute atomic E-state index is 0.152. The average Bonchev–Trinajstić information content (AvgIpc) is 3.15. The van der Waals surface area contributed by atoms with Gasteiger partial charge in [0, 0.05) is 18.8 Å². The van der Waals surface area contributed by atoms with E-state index in [2.05, 4.69) is 5.32 Å². The maximum atomic E-state index is 12.8. The Bertz CT molecular complexity index is 844. The van der Waals surface area contributed by atoms with Crippen LogP contribution < -0.4 is 5.32 Å². The molecule has 1 aliphatic carbocycles. The summed E-state index contributed by atoms with van der Waals surface area (Å²) < 4.78 is 31.9. The number of carbonyl (C=O) groups excluding carboxylic acids is 2. The molecular weight excluding hydrogens is 380 g/mol. The van der Waals surface area contributed by atoms with Gasteiger partial charge in [-0.3, -0.25) is 9.59 Å². The van der Waals surface area contributed by atoms with Crippen LogP contribution in [0.15, 0.2) is 35.2 Å². The van der Waals surface area contributed by atoms with Crippen molar-refractivity contribution in [2.75, 3.05) is 25.0 Å². The van der Waals surface area contributed by atoms with E-state index in [1.54, 1.807) is 32.9 Å². The van der Waals surface area contributed by atoms with Crippen LogP contribution in [0, 0.1) is 12.8 Å². The number of nitrogens with zero attached hydrogens (tertiary/aromatic N) is 1. The van der Waals surface area contributed by atoms with Crippen LogP contribution in [0.2, 0.25) is 0 Å². The molecule has 154 valence electrons. The molecule has 0 saturated heterocycles. The third kappa shape index (κ3) is 5.65. The van der Waals surface area contributed by atoms with E-state index in [-0.39, 0.29) is 17.2 Å². The second-order valence-electron chi connectivity index (χ2n) is 6.75. The van der Waals surface area contributed by atoms with Crippen LogP contribution in [-0.2, 0) is 24.3 Å². The van der Waals surface area contributed by atoms with Crippen molar-refractivity contribution in [3.63, 3.8) is 0 Å². The third-order valence-electron chi connectivity index (χ3n) is 4.70. The normalized spacial score (nSPS) is 16.4. The van der Waals surface area contributed by atoms with Gasteiger partial charge in [0.05, 0.1) is 11.3 Å². The lowest BCUT2D eigenvalue weighted by molar-refractivity contribution is -0.147. The van der Waals surface area contributed by atoms with E-state index in [1.807, 2.05) is 12.2 Å². The zero-order valence-electron chi connectivity index (χ0n) is 16.6. The minimum Gasteiger partial charge on any atom is -0.456 e. The molecule has 1 aromatic rings. The number of benzene rings is 1. The highest BCUT2D eigenvalue weighted by Crippen LogP contribution is 2.24. The number of rotatable bonds is 9. The molecule has 0 bridgehead atoms. The second-order valence-corrected chi connectivity index (χ2v) is 8.65. The first-order valence-electron chi connectivity index (χ1n) is 9.50. The zero-order valence-corrected chi connectivity index (χ0v) is 17.4. The summed E-state index contributed by atoms with van der Waals surface area (Å²) in [5, 5.41) is 2.59. The van der Waals surface area contributed by atoms with Crippen molar-refractivity contribution in [1.82, 2.24) is 4.31 Å². The molecule has 1 aliphatic rings. The van der Waals surface area contributed by atoms with Gasteiger partial charge in [-0.05, 0) is 43.4 Å². The average molecular weight is 409 g/mol. The molecule has 1 N–H and O–H groups in total. The molecule has 0 saturated carbocycles. The van der Waals surface area contributed by atoms with E-state index in [4.69, 9.17) is 4.74 Å². The first kappa shape index (κ1) is 22.1. The van der Waals surface area contributed by atoms with Crippen molar-refractivity contribution in [2.24, 2.45) is 5.92 Å². The van der Waals surface area contributed by atoms with Gasteiger partial charge < -0.3 is 10.1 Å². The van der Waals surface area contributed by atoms with Crippen LogP contribution in [0.3, 0.4) is 0 Å². The van der Waals surface area contributed by atoms with E-state index >= 15 is 0 Å². The van der Waals surface area contributed by atoms with Crippen molar-refractivity contribution in [3.05, 3.63) is 35.9 Å². The SMILES string of the molecule is CCN(CC)S(=O)(=O)c1cc(NC(=O)COC(=O)C[C@@H]2C=CCC2)ccc1C. The predicted molar refractivity (Wildman–Crippen MR) is 107 cm³/mol. The number of hydrogen-bond acceptors (Lipinski definition) is 5. The van der Waals surface area contributed by atoms with Crippen LogP contribution in [0.5, 0.6) is 0 Å². The van der Waals surface area contributed by atoms with Gasteiger partial charge in [0.15, 0.2) is 6.61 Å². The fourth-order valence-corrected chi connectivity index (χ4v) is 4.85. The molecule has 0 heterocycles. The molecule has 0 spiro atoms. The molecule has 0 radical (unpaired) electrons. The van der Waals surface area contributed by atoms with E-state index in [1.165, 1.54) is 10.4 Å². The molecule has 1 amide bonds. The number of aryl methyl sites for hydroxylation is 1. The Labute approximate surface area is 166 Å². The fraction of sp³-hybridized carbons (Fsp3) is 0.500. The summed E-state index contributed by atoms with van der Waals surface area (Å²) in [5.41, 5.74) is 0.942. The van der Waals surface area contributed by atoms with Crippen molar-refractivity contribution in [3.8, 4) is 0 Å². The Morgan fingerprint density at radius 3 is 2.57 bits per heavy atom. The van der Waals surface area contributed by atoms with Crippen molar-refractivity contribution in [1.29, 1.82) is 0 Å². The maximum Gasteiger partial charge on any atom is 0.306 e. The lowest BCUT2D eigenvalue weighted by Gasteiger charge is -2.20. The number of esters is 1. The molecule has 8 heteroatoms. The van der Waals surface area contributed by atoms with E-state index in [9.17, 15) is 18.0 Å². The number of carbonyl (C=O) groups is 2. The molecule has 7 nitrogen and oxygen atoms in total. The van der Waals surface area contributed by atoms with Gasteiger partial charge in [0.25, 0.3) is 5.91 Å². The topological polar surface area (TPSA) is 92.8 Å². The van der Waals surface area contributed by atoms with Crippen molar-refractivity contribution < 1.29 is 22.7 Å². The summed E-state index contributed by atoms with van der Waals surface area (Å²) in [6, 6.07) is 4.70. The zero-order chi connectivity index (χ0) is 20.7. The number of allylic oxidation sites excluding steroid dienone is 2. The second kappa shape index (κ2) is 9.84. The van der Waals surface area contributed by atoms with Gasteiger partial charge in [-0.2, -0.15) is 4.31 Å². The summed E-state index contributed by atoms with van der Waals surface area (Å²) in [5.74, 6) is -0.744. The highest BCUT2D eigenvalue weighted by Gasteiger charge is 2.24. The first-order chi connectivity index (χ1) is 13.3. The van der Waals surface area contributed by atoms with Crippen LogP contribution in [0.1, 0.15) is 38.7 Å². The molecule has 0 aromatic heterocycles. The summed E-state index contributed by atoms with van der Waals surface area (Å²) in [6.07, 6.45) is 6.18. The number of anilines is 1. The Morgan fingerprint density at radius 2 is 1.96 bits per heavy atom. The lowest BCUT2D eigenvalue weighted by Crippen LogP contribution is -2.31. The van der Waals surface area contributed by atoms with E-state index in [0.29, 0.717) is 24.3 Å². The van der Waals surface area contributed by atoms with Crippen LogP contribution in [-0.4, -0.2) is 44.3 Å². The van der Waals surface area contributed by atoms with Crippen molar-refractivity contribution in [2.45, 2.75) is 44.9 Å². The van der Waals surface area contributed by atoms with E-state index in [0.717, 1.165) is 12.8 Å². The van der Waals surface area contributed by atoms with Gasteiger partial charge in [0.1, 0.15) is 0 Å². The molecular formula is C20H28N2O5S. The highest BCUT2D eigenvalue weighted by molar-refractivity contribution is 7.89. The summed E-state index contributed by atoms with van der Waals surface area (Å²) in [4.78, 5) is 24.0. The molecule has 1 atom stereocenters. The van der Waals surface area contributed by atoms with Crippen LogP contribution >= 0.6 is 0 Å². The quantitative estimate of drug-likeness (QED) is 0.501. The molecule has 0 fully saturated rings. The minimum atomic E-state index is -3.64. The lowest BCUT2D eigenvalue weighted by atomic mass is 10.1. The number of hydrogen-bond donors (Lipinski definition) is 1. The van der Waals surface area contributed by atoms with Crippen LogP contribution in [0.25, 0.3) is 0 Å². The fourth-order valence-electron chi connectivity index (χ4n) is 3.14. The largest absolute Gasteiger partial charge is 0.456 e. The number of sulfonamides is 1. The van der Waals surface area contributed by atoms with Crippen LogP contribution in [0.4, 0.5) is 5.69 Å².